The highest BCUT2D eigenvalue weighted by molar-refractivity contribution is 6.31. The van der Waals surface area contributed by atoms with Crippen LogP contribution in [0, 0.1) is 5.82 Å². The van der Waals surface area contributed by atoms with E-state index in [0.29, 0.717) is 11.4 Å². The van der Waals surface area contributed by atoms with Gasteiger partial charge in [-0.2, -0.15) is 0 Å². The first-order valence-electron chi connectivity index (χ1n) is 4.24. The number of nitrogens with one attached hydrogen (secondary N) is 1. The topological polar surface area (TPSA) is 38.3 Å². The van der Waals surface area contributed by atoms with Crippen LogP contribution in [0.3, 0.4) is 0 Å². The van der Waals surface area contributed by atoms with Crippen LogP contribution in [-0.4, -0.2) is 12.6 Å². The molecule has 0 unspecified atom stereocenters. The molecule has 0 aliphatic carbocycles. The smallest absolute Gasteiger partial charge is 0.333 e. The third-order valence-corrected chi connectivity index (χ3v) is 2.18. The summed E-state index contributed by atoms with van der Waals surface area (Å²) in [6, 6.07) is 4.23. The van der Waals surface area contributed by atoms with E-state index in [1.54, 1.807) is 0 Å². The monoisotopic (exact) mass is 227 g/mol. The van der Waals surface area contributed by atoms with Crippen molar-refractivity contribution in [2.75, 3.05) is 11.9 Å². The van der Waals surface area contributed by atoms with Crippen LogP contribution in [-0.2, 0) is 9.53 Å². The number of hydrogen-bond acceptors (Lipinski definition) is 3. The van der Waals surface area contributed by atoms with Gasteiger partial charge in [0.2, 0.25) is 0 Å². The maximum absolute atomic E-state index is 12.8. The number of rotatable bonds is 2. The van der Waals surface area contributed by atoms with Crippen molar-refractivity contribution in [3.05, 3.63) is 40.8 Å². The third-order valence-electron chi connectivity index (χ3n) is 1.89. The van der Waals surface area contributed by atoms with Gasteiger partial charge >= 0.3 is 5.97 Å². The number of carbonyl (C=O) groups excluding carboxylic acids is 1. The molecule has 2 rings (SSSR count). The van der Waals surface area contributed by atoms with E-state index in [4.69, 9.17) is 16.3 Å². The third kappa shape index (κ3) is 2.27. The van der Waals surface area contributed by atoms with Crippen molar-refractivity contribution >= 4 is 23.3 Å². The van der Waals surface area contributed by atoms with E-state index in [1.165, 1.54) is 24.3 Å². The molecule has 0 amide bonds. The summed E-state index contributed by atoms with van der Waals surface area (Å²) in [4.78, 5) is 10.7. The number of anilines is 1. The lowest BCUT2D eigenvalue weighted by atomic mass is 10.3. The minimum Gasteiger partial charge on any atom is -0.456 e. The minimum atomic E-state index is -0.477. The Hall–Kier alpha value is -1.55. The normalized spacial score (nSPS) is 14.8. The van der Waals surface area contributed by atoms with E-state index in [1.807, 2.05) is 0 Å². The van der Waals surface area contributed by atoms with Crippen LogP contribution in [0.1, 0.15) is 0 Å². The second-order valence-electron chi connectivity index (χ2n) is 3.03. The largest absolute Gasteiger partial charge is 0.456 e. The number of ether oxygens (including phenoxy) is 1. The number of carbonyl (C=O) groups is 1. The van der Waals surface area contributed by atoms with Crippen molar-refractivity contribution in [3.63, 3.8) is 0 Å². The predicted molar refractivity (Wildman–Crippen MR) is 54.1 cm³/mol. The number of esters is 1. The second-order valence-corrected chi connectivity index (χ2v) is 3.44. The lowest BCUT2D eigenvalue weighted by molar-refractivity contribution is -0.134. The van der Waals surface area contributed by atoms with Crippen molar-refractivity contribution in [1.82, 2.24) is 0 Å². The van der Waals surface area contributed by atoms with Crippen LogP contribution in [0.4, 0.5) is 10.1 Å². The van der Waals surface area contributed by atoms with Gasteiger partial charge < -0.3 is 10.1 Å². The summed E-state index contributed by atoms with van der Waals surface area (Å²) in [7, 11) is 0. The molecular weight excluding hydrogens is 221 g/mol. The van der Waals surface area contributed by atoms with Crippen LogP contribution in [0.25, 0.3) is 0 Å². The molecule has 5 heteroatoms. The fourth-order valence-electron chi connectivity index (χ4n) is 1.21. The standard InChI is InChI=1S/C10H7ClFNO2/c11-8-3-6(1-2-9(8)12)13-7-4-10(14)15-5-7/h1-4,13H,5H2. The van der Waals surface area contributed by atoms with Crippen molar-refractivity contribution in [1.29, 1.82) is 0 Å². The molecule has 0 saturated heterocycles. The average molecular weight is 228 g/mol. The molecular formula is C10H7ClFNO2. The first kappa shape index (κ1) is 9.98. The molecule has 3 nitrogen and oxygen atoms in total. The molecule has 0 fully saturated rings. The zero-order chi connectivity index (χ0) is 10.8. The van der Waals surface area contributed by atoms with E-state index >= 15 is 0 Å². The summed E-state index contributed by atoms with van der Waals surface area (Å²) in [5, 5.41) is 2.94. The zero-order valence-corrected chi connectivity index (χ0v) is 8.34. The Labute approximate surface area is 90.5 Å². The molecule has 0 aromatic heterocycles. The fourth-order valence-corrected chi connectivity index (χ4v) is 1.39. The first-order valence-corrected chi connectivity index (χ1v) is 4.62. The lowest BCUT2D eigenvalue weighted by Gasteiger charge is -2.06. The highest BCUT2D eigenvalue weighted by atomic mass is 35.5. The Morgan fingerprint density at radius 1 is 1.47 bits per heavy atom. The summed E-state index contributed by atoms with van der Waals surface area (Å²) in [6.45, 7) is 0.202. The van der Waals surface area contributed by atoms with Crippen LogP contribution >= 0.6 is 11.6 Å². The Bertz CT molecular complexity index is 445. The molecule has 1 aliphatic rings. The molecule has 1 aliphatic heterocycles. The molecule has 0 spiro atoms. The number of benzene rings is 1. The Balaban J connectivity index is 2.14. The van der Waals surface area contributed by atoms with E-state index in [2.05, 4.69) is 5.32 Å². The quantitative estimate of drug-likeness (QED) is 0.788. The van der Waals surface area contributed by atoms with Gasteiger partial charge in [0.15, 0.2) is 0 Å². The lowest BCUT2D eigenvalue weighted by Crippen LogP contribution is -2.01. The average Bonchev–Trinajstić information content (AvgIpc) is 2.58. The van der Waals surface area contributed by atoms with Gasteiger partial charge in [0, 0.05) is 11.8 Å². The van der Waals surface area contributed by atoms with Gasteiger partial charge in [-0.1, -0.05) is 11.6 Å². The molecule has 0 radical (unpaired) electrons. The van der Waals surface area contributed by atoms with Crippen molar-refractivity contribution < 1.29 is 13.9 Å². The maximum atomic E-state index is 12.8. The molecule has 15 heavy (non-hydrogen) atoms. The van der Waals surface area contributed by atoms with Gasteiger partial charge in [-0.15, -0.1) is 0 Å². The van der Waals surface area contributed by atoms with Crippen LogP contribution in [0.5, 0.6) is 0 Å². The Morgan fingerprint density at radius 2 is 2.27 bits per heavy atom. The molecule has 1 aromatic rings. The second kappa shape index (κ2) is 3.90. The fraction of sp³-hybridized carbons (Fsp3) is 0.100. The highest BCUT2D eigenvalue weighted by Crippen LogP contribution is 2.21. The van der Waals surface area contributed by atoms with Gasteiger partial charge in [0.05, 0.1) is 10.7 Å². The van der Waals surface area contributed by atoms with Gasteiger partial charge in [-0.3, -0.25) is 0 Å². The van der Waals surface area contributed by atoms with Crippen molar-refractivity contribution in [3.8, 4) is 0 Å². The van der Waals surface area contributed by atoms with Gasteiger partial charge in [0.1, 0.15) is 12.4 Å². The summed E-state index contributed by atoms with van der Waals surface area (Å²) >= 11 is 5.60. The Kier molecular flexibility index (Phi) is 2.60. The van der Waals surface area contributed by atoms with E-state index < -0.39 is 5.82 Å². The van der Waals surface area contributed by atoms with Gasteiger partial charge in [-0.05, 0) is 18.2 Å². The number of halogens is 2. The van der Waals surface area contributed by atoms with Gasteiger partial charge in [-0.25, -0.2) is 9.18 Å². The molecule has 0 atom stereocenters. The van der Waals surface area contributed by atoms with Crippen LogP contribution in [0.2, 0.25) is 5.02 Å². The van der Waals surface area contributed by atoms with Crippen molar-refractivity contribution in [2.24, 2.45) is 0 Å². The molecule has 1 aromatic carbocycles. The number of cyclic esters (lactones) is 1. The first-order chi connectivity index (χ1) is 7.15. The summed E-state index contributed by atoms with van der Waals surface area (Å²) in [5.74, 6) is -0.861. The minimum absolute atomic E-state index is 0.0332. The highest BCUT2D eigenvalue weighted by Gasteiger charge is 2.12. The van der Waals surface area contributed by atoms with Crippen molar-refractivity contribution in [2.45, 2.75) is 0 Å². The zero-order valence-electron chi connectivity index (χ0n) is 7.59. The Morgan fingerprint density at radius 3 is 2.87 bits per heavy atom. The van der Waals surface area contributed by atoms with E-state index in [9.17, 15) is 9.18 Å². The molecule has 1 N–H and O–H groups in total. The SMILES string of the molecule is O=C1C=C(Nc2ccc(F)c(Cl)c2)CO1. The predicted octanol–water partition coefficient (Wildman–Crippen LogP) is 2.33. The molecule has 1 heterocycles. The van der Waals surface area contributed by atoms with Crippen LogP contribution in [0.15, 0.2) is 30.0 Å². The maximum Gasteiger partial charge on any atom is 0.333 e. The molecule has 0 bridgehead atoms. The van der Waals surface area contributed by atoms with Gasteiger partial charge in [0.25, 0.3) is 0 Å². The molecule has 78 valence electrons. The summed E-state index contributed by atoms with van der Waals surface area (Å²) < 4.78 is 17.5. The van der Waals surface area contributed by atoms with E-state index in [0.717, 1.165) is 0 Å². The number of hydrogen-bond donors (Lipinski definition) is 1. The molecule has 0 saturated carbocycles. The van der Waals surface area contributed by atoms with Crippen LogP contribution < -0.4 is 5.32 Å². The summed E-state index contributed by atoms with van der Waals surface area (Å²) in [6.07, 6.45) is 1.34. The summed E-state index contributed by atoms with van der Waals surface area (Å²) in [5.41, 5.74) is 1.24. The van der Waals surface area contributed by atoms with E-state index in [-0.39, 0.29) is 17.6 Å².